The second kappa shape index (κ2) is 9.63. The molecule has 0 bridgehead atoms. The number of carbonyl (C=O) groups is 1. The number of halogens is 1. The average molecular weight is 528 g/mol. The van der Waals surface area contributed by atoms with Gasteiger partial charge in [-0.3, -0.25) is 9.69 Å². The van der Waals surface area contributed by atoms with Crippen molar-refractivity contribution in [1.82, 2.24) is 19.0 Å². The number of hydrogen-bond donors (Lipinski definition) is 1. The molecule has 2 fully saturated rings. The van der Waals surface area contributed by atoms with Gasteiger partial charge in [0.2, 0.25) is 15.9 Å². The molecular weight excluding hydrogens is 498 g/mol. The molecule has 8 nitrogen and oxygen atoms in total. The summed E-state index contributed by atoms with van der Waals surface area (Å²) in [5.74, 6) is -0.00930. The Bertz CT molecular complexity index is 1380. The molecule has 2 aliphatic rings. The van der Waals surface area contributed by atoms with Crippen LogP contribution in [-0.2, 0) is 14.8 Å². The molecule has 0 spiro atoms. The van der Waals surface area contributed by atoms with E-state index in [1.807, 2.05) is 55.5 Å². The topological polar surface area (TPSA) is 102 Å². The lowest BCUT2D eigenvalue weighted by Gasteiger charge is -2.29. The van der Waals surface area contributed by atoms with Gasteiger partial charge in [-0.15, -0.1) is 0 Å². The van der Waals surface area contributed by atoms with Crippen LogP contribution in [0.5, 0.6) is 0 Å². The Labute approximate surface area is 216 Å². The lowest BCUT2D eigenvalue weighted by Crippen LogP contribution is -2.36. The molecule has 36 heavy (non-hydrogen) atoms. The number of hydrogen-bond acceptors (Lipinski definition) is 5. The molecule has 2 saturated heterocycles. The number of carbonyl (C=O) groups excluding carboxylic acids is 1. The smallest absolute Gasteiger partial charge is 0.246 e. The molecule has 1 amide bonds. The number of rotatable bonds is 7. The van der Waals surface area contributed by atoms with Gasteiger partial charge in [-0.25, -0.2) is 13.1 Å². The first-order valence-electron chi connectivity index (χ1n) is 12.0. The zero-order valence-corrected chi connectivity index (χ0v) is 21.9. The number of fused-ring (bicyclic) bond motifs is 1. The third-order valence-electron chi connectivity index (χ3n) is 7.48. The van der Waals surface area contributed by atoms with Crippen LogP contribution in [0.3, 0.4) is 0 Å². The lowest BCUT2D eigenvalue weighted by atomic mass is 10.0. The van der Waals surface area contributed by atoms with E-state index in [9.17, 15) is 13.2 Å². The lowest BCUT2D eigenvalue weighted by molar-refractivity contribution is -0.119. The number of nitrogens with zero attached hydrogens (tertiary/aromatic N) is 4. The van der Waals surface area contributed by atoms with Gasteiger partial charge in [0.15, 0.2) is 0 Å². The van der Waals surface area contributed by atoms with Gasteiger partial charge in [0, 0.05) is 43.7 Å². The first kappa shape index (κ1) is 25.0. The fourth-order valence-corrected chi connectivity index (χ4v) is 7.40. The molecule has 2 aliphatic heterocycles. The van der Waals surface area contributed by atoms with Crippen LogP contribution in [0.2, 0.25) is 5.02 Å². The molecule has 0 saturated carbocycles. The first-order valence-corrected chi connectivity index (χ1v) is 13.9. The Morgan fingerprint density at radius 1 is 1.08 bits per heavy atom. The fraction of sp³-hybridized carbons (Fsp3) is 0.385. The summed E-state index contributed by atoms with van der Waals surface area (Å²) in [6.07, 6.45) is 1.64. The zero-order chi connectivity index (χ0) is 25.6. The third-order valence-corrected chi connectivity index (χ3v) is 9.82. The molecule has 3 aromatic rings. The van der Waals surface area contributed by atoms with Crippen molar-refractivity contribution >= 4 is 27.5 Å². The van der Waals surface area contributed by atoms with Crippen LogP contribution >= 0.6 is 11.6 Å². The van der Waals surface area contributed by atoms with E-state index < -0.39 is 10.0 Å². The van der Waals surface area contributed by atoms with E-state index >= 15 is 0 Å². The summed E-state index contributed by atoms with van der Waals surface area (Å²) in [5, 5.41) is 5.01. The molecule has 0 aliphatic carbocycles. The van der Waals surface area contributed by atoms with Gasteiger partial charge in [0.1, 0.15) is 4.90 Å². The predicted octanol–water partition coefficient (Wildman–Crippen LogP) is 3.31. The molecule has 0 radical (unpaired) electrons. The van der Waals surface area contributed by atoms with E-state index in [4.69, 9.17) is 17.3 Å². The maximum absolute atomic E-state index is 13.6. The Hall–Kier alpha value is -2.72. The van der Waals surface area contributed by atoms with E-state index in [2.05, 4.69) is 10.00 Å². The predicted molar refractivity (Wildman–Crippen MR) is 138 cm³/mol. The van der Waals surface area contributed by atoms with Crippen LogP contribution in [0.1, 0.15) is 29.3 Å². The number of nitrogens with two attached hydrogens (primary N) is 1. The van der Waals surface area contributed by atoms with Crippen molar-refractivity contribution in [2.24, 2.45) is 17.6 Å². The van der Waals surface area contributed by atoms with Crippen LogP contribution in [0.4, 0.5) is 0 Å². The summed E-state index contributed by atoms with van der Waals surface area (Å²) >= 11 is 6.36. The third kappa shape index (κ3) is 4.56. The number of aryl methyl sites for hydroxylation is 1. The second-order valence-corrected chi connectivity index (χ2v) is 12.1. The van der Waals surface area contributed by atoms with Crippen molar-refractivity contribution < 1.29 is 13.2 Å². The number of sulfonamides is 1. The minimum Gasteiger partial charge on any atom is -0.370 e. The van der Waals surface area contributed by atoms with E-state index in [1.54, 1.807) is 15.9 Å². The molecule has 190 valence electrons. The first-order chi connectivity index (χ1) is 17.1. The highest BCUT2D eigenvalue weighted by molar-refractivity contribution is 7.89. The van der Waals surface area contributed by atoms with Crippen molar-refractivity contribution in [2.75, 3.05) is 26.2 Å². The summed E-state index contributed by atoms with van der Waals surface area (Å²) in [7, 11) is -3.68. The highest BCUT2D eigenvalue weighted by Gasteiger charge is 2.46. The molecule has 2 N–H and O–H groups in total. The molecule has 3 atom stereocenters. The Kier molecular flexibility index (Phi) is 6.67. The quantitative estimate of drug-likeness (QED) is 0.508. The number of primary amides is 1. The molecule has 5 rings (SSSR count). The number of para-hydroxylation sites is 1. The summed E-state index contributed by atoms with van der Waals surface area (Å²) < 4.78 is 30.4. The molecular formula is C26H30ClN5O3S. The fourth-order valence-electron chi connectivity index (χ4n) is 5.52. The second-order valence-electron chi connectivity index (χ2n) is 9.83. The average Bonchev–Trinajstić information content (AvgIpc) is 3.53. The zero-order valence-electron chi connectivity index (χ0n) is 20.3. The summed E-state index contributed by atoms with van der Waals surface area (Å²) in [5.41, 5.74) is 8.94. The minimum atomic E-state index is -3.68. The van der Waals surface area contributed by atoms with Gasteiger partial charge < -0.3 is 5.73 Å². The van der Waals surface area contributed by atoms with Crippen molar-refractivity contribution in [3.63, 3.8) is 0 Å². The summed E-state index contributed by atoms with van der Waals surface area (Å²) in [6.45, 7) is 6.00. The standard InChI is InChI=1S/C26H30ClN5O3S/c1-17-8-9-19(10-23(17)27)24(11-26(28)33)30-13-20-15-31(16-21(20)14-30)36(34,35)25-12-29-32(18(25)2)22-6-4-3-5-7-22/h3-10,12,20-21,24H,11,13-16H2,1-2H3,(H2,28,33). The highest BCUT2D eigenvalue weighted by atomic mass is 35.5. The van der Waals surface area contributed by atoms with Gasteiger partial charge in [0.05, 0.1) is 17.6 Å². The van der Waals surface area contributed by atoms with Gasteiger partial charge in [-0.05, 0) is 55.0 Å². The van der Waals surface area contributed by atoms with Gasteiger partial charge in [-0.1, -0.05) is 41.9 Å². The van der Waals surface area contributed by atoms with Crippen LogP contribution in [-0.4, -0.2) is 59.5 Å². The number of amides is 1. The number of benzene rings is 2. The van der Waals surface area contributed by atoms with Crippen molar-refractivity contribution in [2.45, 2.75) is 31.2 Å². The monoisotopic (exact) mass is 527 g/mol. The molecule has 3 unspecified atom stereocenters. The highest BCUT2D eigenvalue weighted by Crippen LogP contribution is 2.39. The largest absolute Gasteiger partial charge is 0.370 e. The molecule has 2 aromatic carbocycles. The normalized spacial score (nSPS) is 21.5. The summed E-state index contributed by atoms with van der Waals surface area (Å²) in [4.78, 5) is 14.4. The SMILES string of the molecule is Cc1ccc(C(CC(N)=O)N2CC3CN(S(=O)(=O)c4cnn(-c5ccccc5)c4C)CC3C2)cc1Cl. The van der Waals surface area contributed by atoms with Crippen molar-refractivity contribution in [1.29, 1.82) is 0 Å². The molecule has 10 heteroatoms. The molecule has 1 aromatic heterocycles. The van der Waals surface area contributed by atoms with E-state index in [0.29, 0.717) is 36.9 Å². The van der Waals surface area contributed by atoms with E-state index in [0.717, 1.165) is 16.8 Å². The number of likely N-dealkylation sites (tertiary alicyclic amines) is 1. The number of aromatic nitrogens is 2. The van der Waals surface area contributed by atoms with Crippen LogP contribution in [0.25, 0.3) is 5.69 Å². The Morgan fingerprint density at radius 3 is 2.36 bits per heavy atom. The van der Waals surface area contributed by atoms with Gasteiger partial charge >= 0.3 is 0 Å². The maximum Gasteiger partial charge on any atom is 0.246 e. The Balaban J connectivity index is 1.33. The molecule has 3 heterocycles. The van der Waals surface area contributed by atoms with Crippen LogP contribution < -0.4 is 5.73 Å². The minimum absolute atomic E-state index is 0.178. The van der Waals surface area contributed by atoms with Gasteiger partial charge in [-0.2, -0.15) is 9.40 Å². The summed E-state index contributed by atoms with van der Waals surface area (Å²) in [6, 6.07) is 15.2. The van der Waals surface area contributed by atoms with E-state index in [-0.39, 0.29) is 35.1 Å². The van der Waals surface area contributed by atoms with Gasteiger partial charge in [0.25, 0.3) is 0 Å². The maximum atomic E-state index is 13.6. The Morgan fingerprint density at radius 2 is 1.75 bits per heavy atom. The van der Waals surface area contributed by atoms with Crippen LogP contribution in [0.15, 0.2) is 59.6 Å². The van der Waals surface area contributed by atoms with Crippen molar-refractivity contribution in [3.8, 4) is 5.69 Å². The van der Waals surface area contributed by atoms with Crippen LogP contribution in [0, 0.1) is 25.7 Å². The van der Waals surface area contributed by atoms with Crippen molar-refractivity contribution in [3.05, 3.63) is 76.6 Å². The van der Waals surface area contributed by atoms with E-state index in [1.165, 1.54) is 6.20 Å².